The molecule has 25 heavy (non-hydrogen) atoms. The third-order valence-corrected chi connectivity index (χ3v) is 4.51. The largest absolute Gasteiger partial charge is 0.344 e. The Morgan fingerprint density at radius 3 is 2.72 bits per heavy atom. The molecule has 3 rings (SSSR count). The van der Waals surface area contributed by atoms with Crippen molar-refractivity contribution in [2.75, 3.05) is 12.4 Å². The van der Waals surface area contributed by atoms with Gasteiger partial charge in [0.05, 0.1) is 17.7 Å². The zero-order valence-corrected chi connectivity index (χ0v) is 15.0. The maximum atomic E-state index is 11.7. The topological polar surface area (TPSA) is 76.1 Å². The van der Waals surface area contributed by atoms with Crippen LogP contribution in [0.4, 0.5) is 9.93 Å². The molecular weight excluding hydrogens is 336 g/mol. The third kappa shape index (κ3) is 4.01. The maximum absolute atomic E-state index is 11.7. The summed E-state index contributed by atoms with van der Waals surface area (Å²) < 4.78 is 0. The molecule has 2 aromatic heterocycles. The Balaban J connectivity index is 2.08. The molecule has 3 aromatic rings. The van der Waals surface area contributed by atoms with Crippen molar-refractivity contribution in [2.45, 2.75) is 13.8 Å². The van der Waals surface area contributed by atoms with Crippen LogP contribution < -0.4 is 10.8 Å². The van der Waals surface area contributed by atoms with Crippen molar-refractivity contribution in [1.82, 2.24) is 15.4 Å². The fraction of sp³-hybridized carbons (Fsp3) is 0.167. The Labute approximate surface area is 149 Å². The van der Waals surface area contributed by atoms with Gasteiger partial charge in [0.2, 0.25) is 0 Å². The van der Waals surface area contributed by atoms with Gasteiger partial charge in [-0.1, -0.05) is 35.1 Å². The first-order valence-electron chi connectivity index (χ1n) is 7.67. The molecular formula is C18H18N4O2S. The molecule has 0 spiro atoms. The van der Waals surface area contributed by atoms with E-state index in [4.69, 9.17) is 0 Å². The number of anilines is 1. The number of rotatable bonds is 4. The Morgan fingerprint density at radius 2 is 2.00 bits per heavy atom. The molecule has 0 atom stereocenters. The molecule has 7 heteroatoms. The number of carbonyl (C=O) groups is 1. The first kappa shape index (κ1) is 17.1. The number of carbonyl (C=O) groups excluding carboxylic acids is 1. The summed E-state index contributed by atoms with van der Waals surface area (Å²) in [5, 5.41) is 3.18. The van der Waals surface area contributed by atoms with Crippen LogP contribution in [0.3, 0.4) is 0 Å². The molecule has 2 amide bonds. The highest BCUT2D eigenvalue weighted by molar-refractivity contribution is 7.19. The highest BCUT2D eigenvalue weighted by atomic mass is 32.1. The summed E-state index contributed by atoms with van der Waals surface area (Å²) in [6.07, 6.45) is 1.77. The van der Waals surface area contributed by atoms with E-state index in [1.54, 1.807) is 6.20 Å². The van der Waals surface area contributed by atoms with Crippen molar-refractivity contribution >= 4 is 22.5 Å². The van der Waals surface area contributed by atoms with Gasteiger partial charge in [-0.3, -0.25) is 15.1 Å². The van der Waals surface area contributed by atoms with E-state index >= 15 is 0 Å². The van der Waals surface area contributed by atoms with E-state index in [-0.39, 0.29) is 0 Å². The zero-order chi connectivity index (χ0) is 17.8. The average Bonchev–Trinajstić information content (AvgIpc) is 2.99. The van der Waals surface area contributed by atoms with Crippen molar-refractivity contribution in [3.8, 4) is 21.7 Å². The monoisotopic (exact) mass is 354 g/mol. The Morgan fingerprint density at radius 1 is 1.16 bits per heavy atom. The van der Waals surface area contributed by atoms with Gasteiger partial charge in [-0.05, 0) is 37.6 Å². The molecule has 2 heterocycles. The van der Waals surface area contributed by atoms with Crippen LogP contribution in [-0.4, -0.2) is 23.1 Å². The molecule has 0 saturated carbocycles. The quantitative estimate of drug-likeness (QED) is 0.690. The first-order chi connectivity index (χ1) is 12.1. The summed E-state index contributed by atoms with van der Waals surface area (Å²) in [4.78, 5) is 26.2. The number of thiazole rings is 1. The number of aryl methyl sites for hydroxylation is 2. The van der Waals surface area contributed by atoms with Crippen molar-refractivity contribution in [3.05, 3.63) is 53.9 Å². The van der Waals surface area contributed by atoms with E-state index in [1.807, 2.05) is 44.2 Å². The van der Waals surface area contributed by atoms with Gasteiger partial charge in [0, 0.05) is 17.5 Å². The van der Waals surface area contributed by atoms with E-state index in [9.17, 15) is 4.79 Å². The maximum Gasteiger partial charge on any atom is 0.344 e. The van der Waals surface area contributed by atoms with Crippen LogP contribution in [0.25, 0.3) is 21.7 Å². The van der Waals surface area contributed by atoms with Crippen LogP contribution in [0.1, 0.15) is 11.3 Å². The SMILES string of the molecule is CONC(=O)Nc1nc(-c2cccc(C)c2)c(-c2ccnc(C)c2)s1. The molecule has 2 N–H and O–H groups in total. The minimum Gasteiger partial charge on any atom is -0.282 e. The summed E-state index contributed by atoms with van der Waals surface area (Å²) in [6, 6.07) is 11.6. The second-order valence-corrected chi connectivity index (χ2v) is 6.51. The third-order valence-electron chi connectivity index (χ3n) is 3.49. The molecule has 0 saturated heterocycles. The van der Waals surface area contributed by atoms with E-state index in [0.717, 1.165) is 33.0 Å². The van der Waals surface area contributed by atoms with Crippen molar-refractivity contribution in [3.63, 3.8) is 0 Å². The summed E-state index contributed by atoms with van der Waals surface area (Å²) in [5.41, 5.74) is 7.14. The average molecular weight is 354 g/mol. The molecule has 0 unspecified atom stereocenters. The smallest absolute Gasteiger partial charge is 0.282 e. The number of hydrogen-bond acceptors (Lipinski definition) is 5. The number of pyridine rings is 1. The second-order valence-electron chi connectivity index (χ2n) is 5.51. The number of amides is 2. The number of benzene rings is 1. The van der Waals surface area contributed by atoms with E-state index < -0.39 is 6.03 Å². The number of aromatic nitrogens is 2. The molecule has 0 bridgehead atoms. The van der Waals surface area contributed by atoms with E-state index in [0.29, 0.717) is 5.13 Å². The normalized spacial score (nSPS) is 10.5. The molecule has 0 aliphatic heterocycles. The van der Waals surface area contributed by atoms with Gasteiger partial charge in [-0.25, -0.2) is 15.3 Å². The van der Waals surface area contributed by atoms with Gasteiger partial charge in [-0.2, -0.15) is 0 Å². The predicted octanol–water partition coefficient (Wildman–Crippen LogP) is 4.17. The highest BCUT2D eigenvalue weighted by Gasteiger charge is 2.17. The Bertz CT molecular complexity index is 845. The number of hydrogen-bond donors (Lipinski definition) is 2. The van der Waals surface area contributed by atoms with Crippen molar-refractivity contribution in [2.24, 2.45) is 0 Å². The van der Waals surface area contributed by atoms with E-state index in [2.05, 4.69) is 31.7 Å². The first-order valence-corrected chi connectivity index (χ1v) is 8.49. The summed E-state index contributed by atoms with van der Waals surface area (Å²) in [7, 11) is 1.38. The Hall–Kier alpha value is -2.77. The van der Waals surface area contributed by atoms with Crippen LogP contribution in [0.5, 0.6) is 0 Å². The number of hydroxylamine groups is 1. The van der Waals surface area contributed by atoms with Gasteiger partial charge in [0.25, 0.3) is 0 Å². The van der Waals surface area contributed by atoms with Crippen LogP contribution in [0, 0.1) is 13.8 Å². The van der Waals surface area contributed by atoms with Crippen molar-refractivity contribution < 1.29 is 9.63 Å². The van der Waals surface area contributed by atoms with Crippen LogP contribution in [-0.2, 0) is 4.84 Å². The van der Waals surface area contributed by atoms with Gasteiger partial charge in [0.1, 0.15) is 0 Å². The second kappa shape index (κ2) is 7.42. The van der Waals surface area contributed by atoms with E-state index in [1.165, 1.54) is 18.4 Å². The van der Waals surface area contributed by atoms with Gasteiger partial charge < -0.3 is 0 Å². The molecule has 1 aromatic carbocycles. The lowest BCUT2D eigenvalue weighted by molar-refractivity contribution is 0.114. The van der Waals surface area contributed by atoms with Gasteiger partial charge in [0.15, 0.2) is 5.13 Å². The lowest BCUT2D eigenvalue weighted by Gasteiger charge is -2.04. The molecule has 128 valence electrons. The summed E-state index contributed by atoms with van der Waals surface area (Å²) >= 11 is 1.41. The highest BCUT2D eigenvalue weighted by Crippen LogP contribution is 2.39. The molecule has 0 aliphatic carbocycles. The lowest BCUT2D eigenvalue weighted by Crippen LogP contribution is -2.27. The minimum absolute atomic E-state index is 0.468. The van der Waals surface area contributed by atoms with Crippen LogP contribution in [0.2, 0.25) is 0 Å². The summed E-state index contributed by atoms with van der Waals surface area (Å²) in [6.45, 7) is 3.99. The van der Waals surface area contributed by atoms with Gasteiger partial charge in [-0.15, -0.1) is 0 Å². The molecule has 6 nitrogen and oxygen atoms in total. The zero-order valence-electron chi connectivity index (χ0n) is 14.2. The van der Waals surface area contributed by atoms with Crippen LogP contribution >= 0.6 is 11.3 Å². The number of nitrogens with zero attached hydrogens (tertiary/aromatic N) is 2. The summed E-state index contributed by atoms with van der Waals surface area (Å²) in [5.74, 6) is 0. The fourth-order valence-electron chi connectivity index (χ4n) is 2.46. The molecule has 0 radical (unpaired) electrons. The number of urea groups is 1. The lowest BCUT2D eigenvalue weighted by atomic mass is 10.1. The fourth-order valence-corrected chi connectivity index (χ4v) is 3.44. The van der Waals surface area contributed by atoms with Gasteiger partial charge >= 0.3 is 6.03 Å². The van der Waals surface area contributed by atoms with Crippen molar-refractivity contribution in [1.29, 1.82) is 0 Å². The molecule has 0 aliphatic rings. The Kier molecular flexibility index (Phi) is 5.06. The minimum atomic E-state index is -0.468. The standard InChI is InChI=1S/C18H18N4O2S/c1-11-5-4-6-13(9-11)15-16(14-7-8-19-12(2)10-14)25-18(20-15)21-17(23)22-24-3/h4-10H,1-3H3,(H2,20,21,22,23). The molecule has 0 fully saturated rings. The predicted molar refractivity (Wildman–Crippen MR) is 99.4 cm³/mol. The van der Waals surface area contributed by atoms with Crippen LogP contribution in [0.15, 0.2) is 42.6 Å². The number of nitrogens with one attached hydrogen (secondary N) is 2.